The molecule has 3 aromatic rings. The highest BCUT2D eigenvalue weighted by Gasteiger charge is 2.39. The Morgan fingerprint density at radius 2 is 1.71 bits per heavy atom. The van der Waals surface area contributed by atoms with E-state index < -0.39 is 16.2 Å². The van der Waals surface area contributed by atoms with Gasteiger partial charge in [-0.15, -0.1) is 0 Å². The van der Waals surface area contributed by atoms with Gasteiger partial charge in [-0.2, -0.15) is 4.31 Å². The second kappa shape index (κ2) is 7.24. The number of fused-ring (bicyclic) bond motifs is 1. The van der Waals surface area contributed by atoms with E-state index >= 15 is 0 Å². The summed E-state index contributed by atoms with van der Waals surface area (Å²) in [6.07, 6.45) is -0.589. The summed E-state index contributed by atoms with van der Waals surface area (Å²) in [6, 6.07) is 20.4. The molecule has 6 heteroatoms. The number of nitrogens with one attached hydrogen (secondary N) is 1. The molecular weight excluding hydrogens is 392 g/mol. The molecule has 0 aromatic heterocycles. The fraction of sp³-hybridized carbons (Fsp3) is 0.182. The monoisotopic (exact) mass is 412 g/mol. The molecule has 4 rings (SSSR count). The highest BCUT2D eigenvalue weighted by Crippen LogP contribution is 2.41. The molecule has 0 saturated heterocycles. The van der Waals surface area contributed by atoms with Crippen molar-refractivity contribution in [2.75, 3.05) is 5.32 Å². The van der Waals surface area contributed by atoms with Gasteiger partial charge in [0.05, 0.1) is 5.69 Å². The van der Waals surface area contributed by atoms with Crippen LogP contribution in [0.15, 0.2) is 71.6 Å². The van der Waals surface area contributed by atoms with Crippen LogP contribution in [0.1, 0.15) is 28.4 Å². The zero-order valence-corrected chi connectivity index (χ0v) is 17.3. The molecule has 0 saturated carbocycles. The lowest BCUT2D eigenvalue weighted by molar-refractivity contribution is 0.335. The van der Waals surface area contributed by atoms with Crippen molar-refractivity contribution in [3.8, 4) is 0 Å². The summed E-state index contributed by atoms with van der Waals surface area (Å²) in [7, 11) is -3.71. The van der Waals surface area contributed by atoms with E-state index in [1.807, 2.05) is 56.3 Å². The van der Waals surface area contributed by atoms with Crippen LogP contribution in [0.4, 0.5) is 5.69 Å². The molecule has 1 aliphatic rings. The summed E-state index contributed by atoms with van der Waals surface area (Å²) >= 11 is 6.44. The van der Waals surface area contributed by atoms with Gasteiger partial charge < -0.3 is 5.32 Å². The number of halogens is 1. The summed E-state index contributed by atoms with van der Waals surface area (Å²) in [6.45, 7) is 4.26. The van der Waals surface area contributed by atoms with E-state index in [2.05, 4.69) is 5.32 Å². The van der Waals surface area contributed by atoms with E-state index in [1.54, 1.807) is 24.3 Å². The van der Waals surface area contributed by atoms with Gasteiger partial charge in [-0.3, -0.25) is 0 Å². The highest BCUT2D eigenvalue weighted by atomic mass is 35.5. The standard InChI is InChI=1S/C22H21ClN2O2S/c1-15-11-12-16(2)17(13-15)14-25-22(18-7-3-4-8-19(18)23)24-20-9-5-6-10-21(20)28(25,26)27/h3-13,22,24H,14H2,1-2H3. The van der Waals surface area contributed by atoms with Gasteiger partial charge in [-0.25, -0.2) is 8.42 Å². The van der Waals surface area contributed by atoms with Crippen LogP contribution in [0.2, 0.25) is 5.02 Å². The van der Waals surface area contributed by atoms with Gasteiger partial charge >= 0.3 is 0 Å². The highest BCUT2D eigenvalue weighted by molar-refractivity contribution is 7.89. The zero-order chi connectivity index (χ0) is 19.9. The molecule has 0 fully saturated rings. The van der Waals surface area contributed by atoms with Gasteiger partial charge in [0.1, 0.15) is 11.1 Å². The predicted octanol–water partition coefficient (Wildman–Crippen LogP) is 5.27. The van der Waals surface area contributed by atoms with E-state index in [0.717, 1.165) is 22.3 Å². The second-order valence-electron chi connectivity index (χ2n) is 7.04. The first-order chi connectivity index (χ1) is 13.4. The number of sulfonamides is 1. The van der Waals surface area contributed by atoms with Crippen LogP contribution in [0.5, 0.6) is 0 Å². The second-order valence-corrected chi connectivity index (χ2v) is 9.31. The molecule has 0 aliphatic carbocycles. The smallest absolute Gasteiger partial charge is 0.247 e. The quantitative estimate of drug-likeness (QED) is 0.637. The minimum Gasteiger partial charge on any atom is -0.364 e. The Balaban J connectivity index is 1.88. The number of nitrogens with zero attached hydrogens (tertiary/aromatic N) is 1. The molecule has 1 atom stereocenters. The number of benzene rings is 3. The number of aryl methyl sites for hydroxylation is 2. The fourth-order valence-corrected chi connectivity index (χ4v) is 5.44. The Hall–Kier alpha value is -2.34. The largest absolute Gasteiger partial charge is 0.364 e. The Morgan fingerprint density at radius 1 is 1.00 bits per heavy atom. The molecule has 3 aromatic carbocycles. The normalized spacial score (nSPS) is 18.3. The van der Waals surface area contributed by atoms with Crippen LogP contribution in [0.25, 0.3) is 0 Å². The summed E-state index contributed by atoms with van der Waals surface area (Å²) in [5.41, 5.74) is 4.44. The molecule has 4 nitrogen and oxygen atoms in total. The van der Waals surface area contributed by atoms with Crippen LogP contribution < -0.4 is 5.32 Å². The third-order valence-corrected chi connectivity index (χ3v) is 7.30. The minimum absolute atomic E-state index is 0.257. The first kappa shape index (κ1) is 19.0. The molecule has 1 N–H and O–H groups in total. The fourth-order valence-electron chi connectivity index (χ4n) is 3.54. The SMILES string of the molecule is Cc1ccc(C)c(CN2C(c3ccccc3Cl)Nc3ccccc3S2(=O)=O)c1. The maximum atomic E-state index is 13.5. The van der Waals surface area contributed by atoms with Crippen LogP contribution in [-0.4, -0.2) is 12.7 Å². The minimum atomic E-state index is -3.71. The maximum Gasteiger partial charge on any atom is 0.247 e. The third kappa shape index (κ3) is 3.30. The van der Waals surface area contributed by atoms with E-state index in [4.69, 9.17) is 11.6 Å². The lowest BCUT2D eigenvalue weighted by atomic mass is 10.0. The van der Waals surface area contributed by atoms with E-state index in [9.17, 15) is 8.42 Å². The molecule has 1 heterocycles. The number of anilines is 1. The molecular formula is C22H21ClN2O2S. The van der Waals surface area contributed by atoms with Crippen molar-refractivity contribution in [3.63, 3.8) is 0 Å². The van der Waals surface area contributed by atoms with Gasteiger partial charge in [-0.1, -0.05) is 65.7 Å². The molecule has 1 aliphatic heterocycles. The first-order valence-electron chi connectivity index (χ1n) is 9.06. The van der Waals surface area contributed by atoms with Crippen molar-refractivity contribution >= 4 is 27.3 Å². The first-order valence-corrected chi connectivity index (χ1v) is 10.9. The van der Waals surface area contributed by atoms with Crippen LogP contribution in [0, 0.1) is 13.8 Å². The summed E-state index contributed by atoms with van der Waals surface area (Å²) in [5, 5.41) is 3.90. The third-order valence-electron chi connectivity index (χ3n) is 5.08. The number of rotatable bonds is 3. The van der Waals surface area contributed by atoms with Crippen LogP contribution in [-0.2, 0) is 16.6 Å². The van der Waals surface area contributed by atoms with Crippen molar-refractivity contribution in [2.24, 2.45) is 0 Å². The van der Waals surface area contributed by atoms with E-state index in [0.29, 0.717) is 10.7 Å². The van der Waals surface area contributed by atoms with Crippen LogP contribution in [0.3, 0.4) is 0 Å². The molecule has 1 unspecified atom stereocenters. The maximum absolute atomic E-state index is 13.5. The number of hydrogen-bond donors (Lipinski definition) is 1. The van der Waals surface area contributed by atoms with Gasteiger partial charge in [0.25, 0.3) is 0 Å². The van der Waals surface area contributed by atoms with Crippen LogP contribution >= 0.6 is 11.6 Å². The van der Waals surface area contributed by atoms with Gasteiger partial charge in [0.15, 0.2) is 0 Å². The van der Waals surface area contributed by atoms with E-state index in [1.165, 1.54) is 4.31 Å². The van der Waals surface area contributed by atoms with Gasteiger partial charge in [0.2, 0.25) is 10.0 Å². The van der Waals surface area contributed by atoms with E-state index in [-0.39, 0.29) is 11.4 Å². The van der Waals surface area contributed by atoms with Crippen molar-refractivity contribution in [3.05, 3.63) is 94.0 Å². The number of hydrogen-bond acceptors (Lipinski definition) is 3. The molecule has 28 heavy (non-hydrogen) atoms. The molecule has 0 amide bonds. The zero-order valence-electron chi connectivity index (χ0n) is 15.7. The molecule has 0 radical (unpaired) electrons. The molecule has 144 valence electrons. The average molecular weight is 413 g/mol. The Kier molecular flexibility index (Phi) is 4.91. The lowest BCUT2D eigenvalue weighted by Crippen LogP contribution is -2.42. The summed E-state index contributed by atoms with van der Waals surface area (Å²) in [5.74, 6) is 0. The van der Waals surface area contributed by atoms with Crippen molar-refractivity contribution < 1.29 is 8.42 Å². The molecule has 0 bridgehead atoms. The van der Waals surface area contributed by atoms with Crippen molar-refractivity contribution in [1.82, 2.24) is 4.31 Å². The average Bonchev–Trinajstić information content (AvgIpc) is 2.67. The van der Waals surface area contributed by atoms with Gasteiger partial charge in [-0.05, 0) is 43.2 Å². The predicted molar refractivity (Wildman–Crippen MR) is 113 cm³/mol. The Morgan fingerprint density at radius 3 is 2.50 bits per heavy atom. The topological polar surface area (TPSA) is 49.4 Å². The van der Waals surface area contributed by atoms with Gasteiger partial charge in [0, 0.05) is 17.1 Å². The van der Waals surface area contributed by atoms with Crippen molar-refractivity contribution in [1.29, 1.82) is 0 Å². The summed E-state index contributed by atoms with van der Waals surface area (Å²) < 4.78 is 28.6. The lowest BCUT2D eigenvalue weighted by Gasteiger charge is -2.38. The number of para-hydroxylation sites is 1. The summed E-state index contributed by atoms with van der Waals surface area (Å²) in [4.78, 5) is 0.281. The van der Waals surface area contributed by atoms with Crippen molar-refractivity contribution in [2.45, 2.75) is 31.5 Å². The Labute approximate surface area is 170 Å². The Bertz CT molecular complexity index is 1140. The molecule has 0 spiro atoms.